The molecule has 1 spiro atoms. The number of ether oxygens (including phenoxy) is 2. The maximum atomic E-state index is 12.9. The van der Waals surface area contributed by atoms with E-state index in [-0.39, 0.29) is 38.1 Å². The predicted molar refractivity (Wildman–Crippen MR) is 124 cm³/mol. The summed E-state index contributed by atoms with van der Waals surface area (Å²) in [5.41, 5.74) is -0.574. The van der Waals surface area contributed by atoms with Crippen LogP contribution in [0, 0.1) is 5.41 Å². The van der Waals surface area contributed by atoms with Crippen LogP contribution < -0.4 is 4.74 Å². The van der Waals surface area contributed by atoms with E-state index in [4.69, 9.17) is 21.1 Å². The average molecular weight is 483 g/mol. The van der Waals surface area contributed by atoms with Gasteiger partial charge in [0.15, 0.2) is 6.61 Å². The highest BCUT2D eigenvalue weighted by Gasteiger charge is 2.42. The number of likely N-dealkylation sites (tertiary alicyclic amines) is 1. The molecule has 1 amide bonds. The Hall–Kier alpha value is -1.87. The van der Waals surface area contributed by atoms with Gasteiger partial charge in [-0.1, -0.05) is 24.1 Å². The van der Waals surface area contributed by atoms with Crippen molar-refractivity contribution in [2.45, 2.75) is 50.7 Å². The summed E-state index contributed by atoms with van der Waals surface area (Å²) < 4.78 is 11.1. The van der Waals surface area contributed by atoms with E-state index < -0.39 is 17.6 Å². The molecule has 0 aromatic heterocycles. The highest BCUT2D eigenvalue weighted by Crippen LogP contribution is 2.38. The summed E-state index contributed by atoms with van der Waals surface area (Å²) in [6.07, 6.45) is 1.48. The fourth-order valence-corrected chi connectivity index (χ4v) is 4.61. The van der Waals surface area contributed by atoms with E-state index in [9.17, 15) is 19.8 Å². The Morgan fingerprint density at radius 1 is 1.15 bits per heavy atom. The molecule has 8 nitrogen and oxygen atoms in total. The number of benzene rings is 1. The van der Waals surface area contributed by atoms with Crippen LogP contribution in [0.15, 0.2) is 24.3 Å². The lowest BCUT2D eigenvalue weighted by Crippen LogP contribution is -2.45. The van der Waals surface area contributed by atoms with Gasteiger partial charge in [-0.2, -0.15) is 0 Å². The van der Waals surface area contributed by atoms with Crippen LogP contribution in [0.2, 0.25) is 5.02 Å². The number of cyclic esters (lactones) is 1. The Kier molecular flexibility index (Phi) is 9.37. The first-order valence-electron chi connectivity index (χ1n) is 11.7. The van der Waals surface area contributed by atoms with E-state index in [1.165, 1.54) is 0 Å². The van der Waals surface area contributed by atoms with Gasteiger partial charge in [0.25, 0.3) is 5.91 Å². The Labute approximate surface area is 200 Å². The fraction of sp³-hybridized carbons (Fsp3) is 0.667. The molecule has 0 aliphatic carbocycles. The molecule has 2 N–H and O–H groups in total. The number of halogens is 1. The zero-order chi connectivity index (χ0) is 23.8. The van der Waals surface area contributed by atoms with E-state index >= 15 is 0 Å². The third-order valence-corrected chi connectivity index (χ3v) is 6.98. The van der Waals surface area contributed by atoms with Gasteiger partial charge < -0.3 is 29.5 Å². The van der Waals surface area contributed by atoms with Crippen LogP contribution in [0.5, 0.6) is 5.75 Å². The van der Waals surface area contributed by atoms with Crippen LogP contribution in [0.25, 0.3) is 0 Å². The fourth-order valence-electron chi connectivity index (χ4n) is 4.43. The van der Waals surface area contributed by atoms with Crippen LogP contribution in [0.3, 0.4) is 0 Å². The standard InChI is InChI=1S/C24H35ClN2O6/c1-26-13-9-24(10-14-26)8-2-3-11-27(12-7-20(28)21(29)16-33-23(24)31)22(30)17-32-19-6-4-5-18(25)15-19/h4-6,15,20-21,28-29H,2-3,7-14,16-17H2,1H3/t20-,21+/m0/s1. The summed E-state index contributed by atoms with van der Waals surface area (Å²) in [5, 5.41) is 21.2. The van der Waals surface area contributed by atoms with Gasteiger partial charge in [-0.3, -0.25) is 9.59 Å². The molecule has 9 heteroatoms. The largest absolute Gasteiger partial charge is 0.484 e. The van der Waals surface area contributed by atoms with Gasteiger partial charge in [-0.05, 0) is 70.4 Å². The SMILES string of the molecule is CN1CCC2(CCCCN(C(=O)COc3cccc(Cl)c3)CC[C@H](O)[C@H](O)COC2=O)CC1. The second-order valence-corrected chi connectivity index (χ2v) is 9.63. The normalized spacial score (nSPS) is 25.5. The number of carbonyl (C=O) groups excluding carboxylic acids is 2. The Morgan fingerprint density at radius 3 is 2.64 bits per heavy atom. The van der Waals surface area contributed by atoms with Crippen LogP contribution >= 0.6 is 11.6 Å². The molecule has 0 saturated carbocycles. The number of rotatable bonds is 3. The third-order valence-electron chi connectivity index (χ3n) is 6.75. The van der Waals surface area contributed by atoms with Crippen molar-refractivity contribution in [3.05, 3.63) is 29.3 Å². The van der Waals surface area contributed by atoms with Crippen molar-refractivity contribution >= 4 is 23.5 Å². The summed E-state index contributed by atoms with van der Waals surface area (Å²) >= 11 is 5.97. The Balaban J connectivity index is 1.65. The highest BCUT2D eigenvalue weighted by molar-refractivity contribution is 6.30. The highest BCUT2D eigenvalue weighted by atomic mass is 35.5. The third kappa shape index (κ3) is 7.30. The van der Waals surface area contributed by atoms with Gasteiger partial charge in [-0.15, -0.1) is 0 Å². The van der Waals surface area contributed by atoms with Crippen LogP contribution in [0.4, 0.5) is 0 Å². The van der Waals surface area contributed by atoms with Gasteiger partial charge >= 0.3 is 5.97 Å². The minimum Gasteiger partial charge on any atom is -0.484 e. The van der Waals surface area contributed by atoms with Gasteiger partial charge in [0, 0.05) is 18.1 Å². The second-order valence-electron chi connectivity index (χ2n) is 9.19. The minimum atomic E-state index is -1.20. The summed E-state index contributed by atoms with van der Waals surface area (Å²) in [4.78, 5) is 29.6. The lowest BCUT2D eigenvalue weighted by molar-refractivity contribution is -0.164. The lowest BCUT2D eigenvalue weighted by atomic mass is 9.74. The van der Waals surface area contributed by atoms with Crippen molar-refractivity contribution in [2.75, 3.05) is 46.4 Å². The molecule has 1 aromatic rings. The van der Waals surface area contributed by atoms with Crippen molar-refractivity contribution in [2.24, 2.45) is 5.41 Å². The van der Waals surface area contributed by atoms with Crippen LogP contribution in [0.1, 0.15) is 38.5 Å². The van der Waals surface area contributed by atoms with E-state index in [1.54, 1.807) is 29.2 Å². The molecule has 0 unspecified atom stereocenters. The van der Waals surface area contributed by atoms with Gasteiger partial charge in [0.1, 0.15) is 18.5 Å². The zero-order valence-electron chi connectivity index (χ0n) is 19.2. The molecule has 2 fully saturated rings. The van der Waals surface area contributed by atoms with Crippen LogP contribution in [-0.4, -0.2) is 90.5 Å². The van der Waals surface area contributed by atoms with Crippen molar-refractivity contribution in [1.82, 2.24) is 9.80 Å². The number of aliphatic hydroxyl groups is 2. The Morgan fingerprint density at radius 2 is 1.91 bits per heavy atom. The topological polar surface area (TPSA) is 99.5 Å². The molecular formula is C24H35ClN2O6. The van der Waals surface area contributed by atoms with Gasteiger partial charge in [0.2, 0.25) is 0 Å². The van der Waals surface area contributed by atoms with E-state index in [1.807, 2.05) is 7.05 Å². The number of aliphatic hydroxyl groups excluding tert-OH is 2. The molecule has 0 radical (unpaired) electrons. The second kappa shape index (κ2) is 12.0. The van der Waals surface area contributed by atoms with E-state index in [0.29, 0.717) is 36.6 Å². The van der Waals surface area contributed by atoms with Crippen molar-refractivity contribution < 1.29 is 29.3 Å². The number of amides is 1. The van der Waals surface area contributed by atoms with E-state index in [2.05, 4.69) is 4.90 Å². The Bertz CT molecular complexity index is 799. The summed E-state index contributed by atoms with van der Waals surface area (Å²) in [7, 11) is 2.03. The number of piperidine rings is 1. The van der Waals surface area contributed by atoms with Crippen molar-refractivity contribution in [3.63, 3.8) is 0 Å². The molecule has 2 aliphatic rings. The molecule has 2 atom stereocenters. The molecule has 2 aliphatic heterocycles. The summed E-state index contributed by atoms with van der Waals surface area (Å²) in [6.45, 7) is 2.00. The summed E-state index contributed by atoms with van der Waals surface area (Å²) in [6, 6.07) is 6.86. The minimum absolute atomic E-state index is 0.142. The van der Waals surface area contributed by atoms with Gasteiger partial charge in [-0.25, -0.2) is 0 Å². The number of hydrogen-bond acceptors (Lipinski definition) is 7. The smallest absolute Gasteiger partial charge is 0.312 e. The number of esters is 1. The molecule has 0 bridgehead atoms. The molecule has 184 valence electrons. The van der Waals surface area contributed by atoms with E-state index in [0.717, 1.165) is 25.9 Å². The first-order valence-corrected chi connectivity index (χ1v) is 12.0. The predicted octanol–water partition coefficient (Wildman–Crippen LogP) is 2.10. The molecular weight excluding hydrogens is 448 g/mol. The molecule has 1 aromatic carbocycles. The zero-order valence-corrected chi connectivity index (χ0v) is 20.0. The first kappa shape index (κ1) is 25.7. The first-order chi connectivity index (χ1) is 15.8. The molecule has 2 heterocycles. The monoisotopic (exact) mass is 482 g/mol. The average Bonchev–Trinajstić information content (AvgIpc) is 2.81. The van der Waals surface area contributed by atoms with Crippen molar-refractivity contribution in [1.29, 1.82) is 0 Å². The quantitative estimate of drug-likeness (QED) is 0.636. The maximum Gasteiger partial charge on any atom is 0.312 e. The van der Waals surface area contributed by atoms with Crippen molar-refractivity contribution in [3.8, 4) is 5.75 Å². The summed E-state index contributed by atoms with van der Waals surface area (Å²) in [5.74, 6) is 0.0221. The maximum absolute atomic E-state index is 12.9. The number of nitrogens with zero attached hydrogens (tertiary/aromatic N) is 2. The number of carbonyl (C=O) groups is 2. The van der Waals surface area contributed by atoms with Gasteiger partial charge in [0.05, 0.1) is 11.5 Å². The van der Waals surface area contributed by atoms with Crippen LogP contribution in [-0.2, 0) is 14.3 Å². The molecule has 2 saturated heterocycles. The molecule has 3 rings (SSSR count). The molecule has 33 heavy (non-hydrogen) atoms. The lowest BCUT2D eigenvalue weighted by Gasteiger charge is -2.39. The number of hydrogen-bond donors (Lipinski definition) is 2.